The molecule has 0 bridgehead atoms. The summed E-state index contributed by atoms with van der Waals surface area (Å²) in [6, 6.07) is 15.5. The fraction of sp³-hybridized carbons (Fsp3) is 0.0455. The van der Waals surface area contributed by atoms with Crippen LogP contribution in [0, 0.1) is 6.92 Å². The van der Waals surface area contributed by atoms with Crippen LogP contribution in [0.1, 0.15) is 5.56 Å². The predicted molar refractivity (Wildman–Crippen MR) is 107 cm³/mol. The Labute approximate surface area is 158 Å². The van der Waals surface area contributed by atoms with Gasteiger partial charge in [0.2, 0.25) is 18.2 Å². The van der Waals surface area contributed by atoms with Crippen molar-refractivity contribution in [3.05, 3.63) is 54.1 Å². The number of isocyanates is 3. The zero-order valence-electron chi connectivity index (χ0n) is 14.7. The zero-order valence-corrected chi connectivity index (χ0v) is 14.7. The third-order valence-electron chi connectivity index (χ3n) is 4.82. The van der Waals surface area contributed by atoms with Crippen LogP contribution in [0.3, 0.4) is 0 Å². The average Bonchev–Trinajstić information content (AvgIpc) is 2.73. The molecule has 6 heteroatoms. The quantitative estimate of drug-likeness (QED) is 0.278. The highest BCUT2D eigenvalue weighted by atomic mass is 16.1. The van der Waals surface area contributed by atoms with Crippen molar-refractivity contribution < 1.29 is 14.4 Å². The molecular weight excluding hydrogens is 354 g/mol. The van der Waals surface area contributed by atoms with Crippen molar-refractivity contribution >= 4 is 67.6 Å². The number of benzene rings is 4. The van der Waals surface area contributed by atoms with Crippen LogP contribution >= 0.6 is 0 Å². The number of aliphatic imine (C=N–C) groups is 3. The largest absolute Gasteiger partial charge is 0.240 e. The van der Waals surface area contributed by atoms with Gasteiger partial charge in [0.25, 0.3) is 0 Å². The lowest BCUT2D eigenvalue weighted by atomic mass is 9.89. The molecule has 0 saturated heterocycles. The Morgan fingerprint density at radius 1 is 0.571 bits per heavy atom. The van der Waals surface area contributed by atoms with E-state index in [0.717, 1.165) is 26.9 Å². The van der Waals surface area contributed by atoms with Gasteiger partial charge in [-0.15, -0.1) is 0 Å². The van der Waals surface area contributed by atoms with Crippen LogP contribution in [0.25, 0.3) is 32.3 Å². The summed E-state index contributed by atoms with van der Waals surface area (Å²) in [5, 5.41) is 5.09. The van der Waals surface area contributed by atoms with Crippen LogP contribution in [-0.2, 0) is 14.4 Å². The molecule has 0 aliphatic carbocycles. The number of rotatable bonds is 3. The van der Waals surface area contributed by atoms with Gasteiger partial charge in [0, 0.05) is 5.39 Å². The maximum Gasteiger partial charge on any atom is 0.240 e. The van der Waals surface area contributed by atoms with Gasteiger partial charge >= 0.3 is 0 Å². The van der Waals surface area contributed by atoms with Crippen LogP contribution in [0.15, 0.2) is 63.5 Å². The number of fused-ring (bicyclic) bond motifs is 6. The van der Waals surface area contributed by atoms with Crippen molar-refractivity contribution in [3.63, 3.8) is 0 Å². The van der Waals surface area contributed by atoms with Gasteiger partial charge in [-0.05, 0) is 39.4 Å². The maximum atomic E-state index is 11.2. The normalized spacial score (nSPS) is 10.3. The molecule has 28 heavy (non-hydrogen) atoms. The first kappa shape index (κ1) is 17.2. The van der Waals surface area contributed by atoms with Crippen LogP contribution in [0.5, 0.6) is 0 Å². The van der Waals surface area contributed by atoms with E-state index in [4.69, 9.17) is 0 Å². The van der Waals surface area contributed by atoms with Crippen LogP contribution in [0.2, 0.25) is 0 Å². The molecule has 0 amide bonds. The van der Waals surface area contributed by atoms with Gasteiger partial charge in [-0.3, -0.25) is 0 Å². The van der Waals surface area contributed by atoms with Crippen LogP contribution < -0.4 is 0 Å². The first-order valence-electron chi connectivity index (χ1n) is 8.36. The molecule has 0 saturated carbocycles. The lowest BCUT2D eigenvalue weighted by Crippen LogP contribution is -1.89. The highest BCUT2D eigenvalue weighted by Gasteiger charge is 2.21. The Kier molecular flexibility index (Phi) is 4.21. The molecule has 4 aromatic carbocycles. The number of hydrogen-bond acceptors (Lipinski definition) is 6. The summed E-state index contributed by atoms with van der Waals surface area (Å²) in [7, 11) is 0. The van der Waals surface area contributed by atoms with Gasteiger partial charge in [-0.1, -0.05) is 48.5 Å². The minimum absolute atomic E-state index is 0.00728. The van der Waals surface area contributed by atoms with Crippen LogP contribution in [-0.4, -0.2) is 18.2 Å². The molecule has 0 atom stereocenters. The van der Waals surface area contributed by atoms with E-state index in [1.807, 2.05) is 48.5 Å². The topological polar surface area (TPSA) is 88.3 Å². The van der Waals surface area contributed by atoms with Gasteiger partial charge in [-0.2, -0.15) is 15.0 Å². The van der Waals surface area contributed by atoms with Gasteiger partial charge in [-0.25, -0.2) is 14.4 Å². The van der Waals surface area contributed by atoms with Crippen molar-refractivity contribution in [2.75, 3.05) is 0 Å². The van der Waals surface area contributed by atoms with E-state index in [1.165, 1.54) is 18.2 Å². The summed E-state index contributed by atoms with van der Waals surface area (Å²) in [6.07, 6.45) is 4.46. The van der Waals surface area contributed by atoms with E-state index in [2.05, 4.69) is 15.0 Å². The lowest BCUT2D eigenvalue weighted by molar-refractivity contribution is 0.564. The van der Waals surface area contributed by atoms with Crippen molar-refractivity contribution in [1.29, 1.82) is 0 Å². The zero-order chi connectivity index (χ0) is 19.7. The SMILES string of the molecule is Cc1c(N=C=O)c(N=C=O)c(N=C=O)c2c3ccccc3c3ccccc3c12. The highest BCUT2D eigenvalue weighted by Crippen LogP contribution is 2.50. The molecule has 4 rings (SSSR count). The molecule has 0 heterocycles. The number of aryl methyl sites for hydroxylation is 1. The summed E-state index contributed by atoms with van der Waals surface area (Å²) in [5.74, 6) is 0. The Hall–Kier alpha value is -4.20. The van der Waals surface area contributed by atoms with E-state index in [1.54, 1.807) is 6.92 Å². The second-order valence-corrected chi connectivity index (χ2v) is 6.12. The smallest absolute Gasteiger partial charge is 0.211 e. The Balaban J connectivity index is 2.51. The van der Waals surface area contributed by atoms with Gasteiger partial charge < -0.3 is 0 Å². The molecule has 0 unspecified atom stereocenters. The first-order valence-corrected chi connectivity index (χ1v) is 8.36. The van der Waals surface area contributed by atoms with Gasteiger partial charge in [0.1, 0.15) is 17.1 Å². The monoisotopic (exact) mass is 365 g/mol. The van der Waals surface area contributed by atoms with E-state index in [-0.39, 0.29) is 17.1 Å². The van der Waals surface area contributed by atoms with Crippen molar-refractivity contribution in [3.8, 4) is 0 Å². The van der Waals surface area contributed by atoms with Crippen LogP contribution in [0.4, 0.5) is 17.1 Å². The standard InChI is InChI=1S/C22H11N3O3/c1-13-18-16-8-4-2-6-14(16)15-7-3-5-9-17(15)19(18)21(24-11-27)22(25-12-28)20(13)23-10-26/h2-9H,1H3. The second kappa shape index (κ2) is 6.84. The van der Waals surface area contributed by atoms with Crippen molar-refractivity contribution in [2.24, 2.45) is 15.0 Å². The molecular formula is C22H11N3O3. The summed E-state index contributed by atoms with van der Waals surface area (Å²) in [5.41, 5.74) is 0.862. The minimum atomic E-state index is -0.00728. The molecule has 0 radical (unpaired) electrons. The molecule has 0 aliphatic rings. The molecule has 0 spiro atoms. The van der Waals surface area contributed by atoms with E-state index < -0.39 is 0 Å². The summed E-state index contributed by atoms with van der Waals surface area (Å²) < 4.78 is 0. The molecule has 132 valence electrons. The van der Waals surface area contributed by atoms with Crippen molar-refractivity contribution in [1.82, 2.24) is 0 Å². The maximum absolute atomic E-state index is 11.2. The predicted octanol–water partition coefficient (Wildman–Crippen LogP) is 5.36. The van der Waals surface area contributed by atoms with Gasteiger partial charge in [0.15, 0.2) is 0 Å². The van der Waals surface area contributed by atoms with Crippen molar-refractivity contribution in [2.45, 2.75) is 6.92 Å². The third kappa shape index (κ3) is 2.39. The van der Waals surface area contributed by atoms with E-state index in [0.29, 0.717) is 10.9 Å². The number of nitrogens with zero attached hydrogens (tertiary/aromatic N) is 3. The molecule has 0 aliphatic heterocycles. The fourth-order valence-electron chi connectivity index (χ4n) is 3.79. The number of carbonyl (C=O) groups excluding carboxylic acids is 3. The Bertz CT molecular complexity index is 1440. The molecule has 4 aromatic rings. The Morgan fingerprint density at radius 2 is 1.00 bits per heavy atom. The first-order chi connectivity index (χ1) is 13.7. The summed E-state index contributed by atoms with van der Waals surface area (Å²) in [4.78, 5) is 44.5. The Morgan fingerprint density at radius 3 is 1.54 bits per heavy atom. The lowest BCUT2D eigenvalue weighted by Gasteiger charge is -2.16. The average molecular weight is 365 g/mol. The third-order valence-corrected chi connectivity index (χ3v) is 4.82. The molecule has 0 aromatic heterocycles. The summed E-state index contributed by atoms with van der Waals surface area (Å²) in [6.45, 7) is 1.78. The van der Waals surface area contributed by atoms with E-state index in [9.17, 15) is 14.4 Å². The second-order valence-electron chi connectivity index (χ2n) is 6.12. The molecule has 6 nitrogen and oxygen atoms in total. The fourth-order valence-corrected chi connectivity index (χ4v) is 3.79. The minimum Gasteiger partial charge on any atom is -0.211 e. The van der Waals surface area contributed by atoms with E-state index >= 15 is 0 Å². The van der Waals surface area contributed by atoms with Gasteiger partial charge in [0.05, 0.1) is 0 Å². The summed E-state index contributed by atoms with van der Waals surface area (Å²) >= 11 is 0. The molecule has 0 fully saturated rings. The number of hydrogen-bond donors (Lipinski definition) is 0. The highest BCUT2D eigenvalue weighted by molar-refractivity contribution is 6.31. The molecule has 0 N–H and O–H groups in total.